The van der Waals surface area contributed by atoms with E-state index >= 15 is 0 Å². The van der Waals surface area contributed by atoms with E-state index in [0.29, 0.717) is 0 Å². The molecule has 0 bridgehead atoms. The molecule has 1 amide bonds. The molecule has 0 radical (unpaired) electrons. The average molecular weight is 368 g/mol. The first-order chi connectivity index (χ1) is 12.6. The predicted octanol–water partition coefficient (Wildman–Crippen LogP) is 4.02. The van der Waals surface area contributed by atoms with Crippen LogP contribution in [0.25, 0.3) is 10.9 Å². The van der Waals surface area contributed by atoms with Crippen LogP contribution in [0.3, 0.4) is 0 Å². The Hall–Kier alpha value is -2.33. The molecule has 26 heavy (non-hydrogen) atoms. The Morgan fingerprint density at radius 3 is 2.92 bits per heavy atom. The van der Waals surface area contributed by atoms with E-state index < -0.39 is 0 Å². The number of hydrogen-bond donors (Lipinski definition) is 1. The highest BCUT2D eigenvalue weighted by Crippen LogP contribution is 2.33. The molecule has 1 N–H and O–H groups in total. The van der Waals surface area contributed by atoms with Crippen LogP contribution in [0.4, 0.5) is 0 Å². The van der Waals surface area contributed by atoms with Crippen molar-refractivity contribution in [2.45, 2.75) is 25.7 Å². The van der Waals surface area contributed by atoms with Gasteiger partial charge in [-0.1, -0.05) is 11.6 Å². The van der Waals surface area contributed by atoms with E-state index in [1.807, 2.05) is 42.3 Å². The van der Waals surface area contributed by atoms with Gasteiger partial charge in [0.05, 0.1) is 0 Å². The zero-order valence-electron chi connectivity index (χ0n) is 14.8. The molecule has 1 aromatic carbocycles. The number of nitrogens with one attached hydrogen (secondary N) is 1. The number of amides is 1. The predicted molar refractivity (Wildman–Crippen MR) is 104 cm³/mol. The molecule has 1 unspecified atom stereocenters. The highest BCUT2D eigenvalue weighted by atomic mass is 35.5. The summed E-state index contributed by atoms with van der Waals surface area (Å²) in [6, 6.07) is 9.93. The van der Waals surface area contributed by atoms with Crippen LogP contribution in [-0.4, -0.2) is 34.4 Å². The minimum Gasteiger partial charge on any atom is -0.358 e. The van der Waals surface area contributed by atoms with Gasteiger partial charge in [0, 0.05) is 53.5 Å². The molecule has 4 nitrogen and oxygen atoms in total. The minimum atomic E-state index is 0.0444. The summed E-state index contributed by atoms with van der Waals surface area (Å²) in [4.78, 5) is 22.3. The zero-order chi connectivity index (χ0) is 18.1. The Morgan fingerprint density at radius 2 is 2.12 bits per heavy atom. The van der Waals surface area contributed by atoms with Gasteiger partial charge < -0.3 is 9.88 Å². The quantitative estimate of drug-likeness (QED) is 0.757. The molecule has 1 aliphatic rings. The van der Waals surface area contributed by atoms with Gasteiger partial charge in [-0.2, -0.15) is 0 Å². The number of carbonyl (C=O) groups excluding carboxylic acids is 1. The van der Waals surface area contributed by atoms with E-state index in [2.05, 4.69) is 9.97 Å². The van der Waals surface area contributed by atoms with E-state index in [4.69, 9.17) is 11.6 Å². The fraction of sp³-hybridized carbons (Fsp3) is 0.333. The van der Waals surface area contributed by atoms with Crippen molar-refractivity contribution >= 4 is 28.4 Å². The molecule has 0 fully saturated rings. The van der Waals surface area contributed by atoms with E-state index in [-0.39, 0.29) is 11.8 Å². The summed E-state index contributed by atoms with van der Waals surface area (Å²) in [6.45, 7) is 0.728. The number of fused-ring (bicyclic) bond motifs is 3. The van der Waals surface area contributed by atoms with Crippen LogP contribution in [0.15, 0.2) is 42.7 Å². The third kappa shape index (κ3) is 3.34. The van der Waals surface area contributed by atoms with Gasteiger partial charge >= 0.3 is 0 Å². The Morgan fingerprint density at radius 1 is 1.31 bits per heavy atom. The molecule has 0 spiro atoms. The average Bonchev–Trinajstić information content (AvgIpc) is 3.03. The van der Waals surface area contributed by atoms with E-state index in [9.17, 15) is 4.79 Å². The second kappa shape index (κ2) is 7.12. The van der Waals surface area contributed by atoms with Crippen molar-refractivity contribution in [3.63, 3.8) is 0 Å². The summed E-state index contributed by atoms with van der Waals surface area (Å²) in [6.07, 6.45) is 7.03. The summed E-state index contributed by atoms with van der Waals surface area (Å²) in [5, 5.41) is 1.90. The first-order valence-corrected chi connectivity index (χ1v) is 9.42. The molecule has 2 heterocycles. The number of pyridine rings is 1. The Balaban J connectivity index is 1.46. The fourth-order valence-corrected chi connectivity index (χ4v) is 4.04. The van der Waals surface area contributed by atoms with Gasteiger partial charge in [0.1, 0.15) is 0 Å². The fourth-order valence-electron chi connectivity index (χ4n) is 3.87. The summed E-state index contributed by atoms with van der Waals surface area (Å²) < 4.78 is 0. The number of H-pyrrole nitrogens is 1. The molecule has 5 heteroatoms. The van der Waals surface area contributed by atoms with Crippen molar-refractivity contribution in [2.24, 2.45) is 5.92 Å². The van der Waals surface area contributed by atoms with Crippen molar-refractivity contribution < 1.29 is 4.79 Å². The summed E-state index contributed by atoms with van der Waals surface area (Å²) in [7, 11) is 1.91. The highest BCUT2D eigenvalue weighted by Gasteiger charge is 2.29. The molecule has 0 saturated heterocycles. The van der Waals surface area contributed by atoms with Crippen molar-refractivity contribution in [3.8, 4) is 0 Å². The maximum atomic E-state index is 12.9. The molecular formula is C21H22ClN3O. The number of benzene rings is 1. The van der Waals surface area contributed by atoms with Gasteiger partial charge in [0.25, 0.3) is 0 Å². The van der Waals surface area contributed by atoms with Crippen LogP contribution in [-0.2, 0) is 24.1 Å². The normalized spacial score (nSPS) is 16.5. The topological polar surface area (TPSA) is 49.0 Å². The Kier molecular flexibility index (Phi) is 4.68. The van der Waals surface area contributed by atoms with Gasteiger partial charge in [0.2, 0.25) is 5.91 Å². The third-order valence-corrected chi connectivity index (χ3v) is 5.60. The van der Waals surface area contributed by atoms with Crippen LogP contribution in [0, 0.1) is 5.92 Å². The van der Waals surface area contributed by atoms with Crippen molar-refractivity contribution in [3.05, 3.63) is 64.6 Å². The molecule has 4 rings (SSSR count). The monoisotopic (exact) mass is 367 g/mol. The standard InChI is InChI=1S/C21H22ClN3O/c1-25(11-8-14-6-9-23-10-7-14)21(26)15-2-4-19-17(12-15)18-13-16(22)3-5-20(18)24-19/h3,5-7,9-10,13,15,24H,2,4,8,11-12H2,1H3. The van der Waals surface area contributed by atoms with E-state index in [1.165, 1.54) is 16.8 Å². The van der Waals surface area contributed by atoms with Crippen molar-refractivity contribution in [2.75, 3.05) is 13.6 Å². The Bertz CT molecular complexity index is 935. The number of halogens is 1. The maximum absolute atomic E-state index is 12.9. The number of hydrogen-bond acceptors (Lipinski definition) is 2. The number of carbonyl (C=O) groups is 1. The number of nitrogens with zero attached hydrogens (tertiary/aromatic N) is 2. The van der Waals surface area contributed by atoms with Gasteiger partial charge in [0.15, 0.2) is 0 Å². The molecular weight excluding hydrogens is 346 g/mol. The SMILES string of the molecule is CN(CCc1ccncc1)C(=O)C1CCc2[nH]c3ccc(Cl)cc3c2C1. The number of likely N-dealkylation sites (N-methyl/N-ethyl adjacent to an activating group) is 1. The molecule has 2 aromatic heterocycles. The summed E-state index contributed by atoms with van der Waals surface area (Å²) in [5.74, 6) is 0.281. The highest BCUT2D eigenvalue weighted by molar-refractivity contribution is 6.31. The Labute approximate surface area is 158 Å². The van der Waals surface area contributed by atoms with Crippen LogP contribution >= 0.6 is 11.6 Å². The summed E-state index contributed by atoms with van der Waals surface area (Å²) in [5.41, 5.74) is 4.83. The van der Waals surface area contributed by atoms with Crippen molar-refractivity contribution in [1.82, 2.24) is 14.9 Å². The second-order valence-electron chi connectivity index (χ2n) is 7.08. The van der Waals surface area contributed by atoms with Crippen molar-refractivity contribution in [1.29, 1.82) is 0 Å². The number of aromatic amines is 1. The van der Waals surface area contributed by atoms with E-state index in [1.54, 1.807) is 12.4 Å². The first-order valence-electron chi connectivity index (χ1n) is 9.04. The lowest BCUT2D eigenvalue weighted by molar-refractivity contribution is -0.134. The lowest BCUT2D eigenvalue weighted by Gasteiger charge is -2.27. The van der Waals surface area contributed by atoms with Crippen LogP contribution in [0.5, 0.6) is 0 Å². The van der Waals surface area contributed by atoms with Gasteiger partial charge in [-0.25, -0.2) is 0 Å². The largest absolute Gasteiger partial charge is 0.358 e. The third-order valence-electron chi connectivity index (χ3n) is 5.36. The maximum Gasteiger partial charge on any atom is 0.225 e. The van der Waals surface area contributed by atoms with Crippen LogP contribution in [0.1, 0.15) is 23.2 Å². The lowest BCUT2D eigenvalue weighted by atomic mass is 9.85. The summed E-state index contributed by atoms with van der Waals surface area (Å²) >= 11 is 6.17. The molecule has 3 aromatic rings. The molecule has 0 aliphatic heterocycles. The molecule has 134 valence electrons. The lowest BCUT2D eigenvalue weighted by Crippen LogP contribution is -2.36. The smallest absolute Gasteiger partial charge is 0.225 e. The molecule has 1 atom stereocenters. The molecule has 0 saturated carbocycles. The first kappa shape index (κ1) is 17.1. The molecule has 1 aliphatic carbocycles. The van der Waals surface area contributed by atoms with Crippen LogP contribution < -0.4 is 0 Å². The van der Waals surface area contributed by atoms with Crippen LogP contribution in [0.2, 0.25) is 5.02 Å². The van der Waals surface area contributed by atoms with Gasteiger partial charge in [-0.05, 0) is 67.1 Å². The number of rotatable bonds is 4. The van der Waals surface area contributed by atoms with Gasteiger partial charge in [-0.15, -0.1) is 0 Å². The van der Waals surface area contributed by atoms with E-state index in [0.717, 1.165) is 48.2 Å². The zero-order valence-corrected chi connectivity index (χ0v) is 15.6. The second-order valence-corrected chi connectivity index (χ2v) is 7.51. The van der Waals surface area contributed by atoms with Gasteiger partial charge in [-0.3, -0.25) is 9.78 Å². The number of aryl methyl sites for hydroxylation is 1. The minimum absolute atomic E-state index is 0.0444. The number of aromatic nitrogens is 2.